The van der Waals surface area contributed by atoms with Gasteiger partial charge in [-0.1, -0.05) is 19.1 Å². The van der Waals surface area contributed by atoms with Crippen molar-refractivity contribution in [2.45, 2.75) is 19.8 Å². The molecule has 1 heterocycles. The molecule has 0 bridgehead atoms. The van der Waals surface area contributed by atoms with E-state index in [1.165, 1.54) is 0 Å². The first-order valence-corrected chi connectivity index (χ1v) is 6.34. The van der Waals surface area contributed by atoms with E-state index in [1.807, 2.05) is 44.2 Å². The van der Waals surface area contributed by atoms with E-state index >= 15 is 0 Å². The minimum atomic E-state index is 0.157. The van der Waals surface area contributed by atoms with Crippen LogP contribution in [0.15, 0.2) is 30.3 Å². The van der Waals surface area contributed by atoms with Crippen LogP contribution in [0.4, 0.5) is 0 Å². The standard InChI is InChI=1S/C15H19N3O/c1-10(9-16)15-17-11(2)7-14(18-15)12-5-4-6-13(8-12)19-3/h4-8,10H,9,16H2,1-3H3. The van der Waals surface area contributed by atoms with E-state index in [0.717, 1.165) is 28.5 Å². The van der Waals surface area contributed by atoms with E-state index in [4.69, 9.17) is 10.5 Å². The Kier molecular flexibility index (Phi) is 4.12. The summed E-state index contributed by atoms with van der Waals surface area (Å²) in [6.07, 6.45) is 0. The van der Waals surface area contributed by atoms with Crippen molar-refractivity contribution in [3.63, 3.8) is 0 Å². The summed E-state index contributed by atoms with van der Waals surface area (Å²) in [6.45, 7) is 4.54. The summed E-state index contributed by atoms with van der Waals surface area (Å²) in [6, 6.07) is 9.83. The van der Waals surface area contributed by atoms with Crippen molar-refractivity contribution in [2.75, 3.05) is 13.7 Å². The Balaban J connectivity index is 2.46. The number of methoxy groups -OCH3 is 1. The van der Waals surface area contributed by atoms with Gasteiger partial charge in [0.1, 0.15) is 11.6 Å². The molecule has 1 atom stereocenters. The molecular formula is C15H19N3O. The molecule has 0 radical (unpaired) electrons. The van der Waals surface area contributed by atoms with E-state index in [2.05, 4.69) is 9.97 Å². The summed E-state index contributed by atoms with van der Waals surface area (Å²) in [4.78, 5) is 9.05. The number of aryl methyl sites for hydroxylation is 1. The number of hydrogen-bond donors (Lipinski definition) is 1. The van der Waals surface area contributed by atoms with Gasteiger partial charge >= 0.3 is 0 Å². The zero-order valence-corrected chi connectivity index (χ0v) is 11.6. The number of nitrogens with zero attached hydrogens (tertiary/aromatic N) is 2. The van der Waals surface area contributed by atoms with Crippen LogP contribution in [0.25, 0.3) is 11.3 Å². The molecular weight excluding hydrogens is 238 g/mol. The van der Waals surface area contributed by atoms with Crippen LogP contribution in [0, 0.1) is 6.92 Å². The van der Waals surface area contributed by atoms with Gasteiger partial charge in [0.25, 0.3) is 0 Å². The predicted molar refractivity (Wildman–Crippen MR) is 76.2 cm³/mol. The summed E-state index contributed by atoms with van der Waals surface area (Å²) < 4.78 is 5.24. The highest BCUT2D eigenvalue weighted by atomic mass is 16.5. The molecule has 1 aromatic carbocycles. The Labute approximate surface area is 113 Å². The number of benzene rings is 1. The van der Waals surface area contributed by atoms with Crippen LogP contribution in [0.3, 0.4) is 0 Å². The van der Waals surface area contributed by atoms with Gasteiger partial charge in [0.15, 0.2) is 0 Å². The maximum absolute atomic E-state index is 5.69. The maximum Gasteiger partial charge on any atom is 0.133 e. The zero-order chi connectivity index (χ0) is 13.8. The summed E-state index contributed by atoms with van der Waals surface area (Å²) in [7, 11) is 1.66. The van der Waals surface area contributed by atoms with E-state index in [1.54, 1.807) is 7.11 Å². The van der Waals surface area contributed by atoms with Gasteiger partial charge in [-0.3, -0.25) is 0 Å². The van der Waals surface area contributed by atoms with Crippen molar-refractivity contribution in [2.24, 2.45) is 5.73 Å². The number of hydrogen-bond acceptors (Lipinski definition) is 4. The number of nitrogens with two attached hydrogens (primary N) is 1. The van der Waals surface area contributed by atoms with Crippen molar-refractivity contribution in [3.05, 3.63) is 41.9 Å². The number of aromatic nitrogens is 2. The zero-order valence-electron chi connectivity index (χ0n) is 11.6. The summed E-state index contributed by atoms with van der Waals surface area (Å²) >= 11 is 0. The van der Waals surface area contributed by atoms with Gasteiger partial charge in [0, 0.05) is 23.7 Å². The second-order valence-corrected chi connectivity index (χ2v) is 4.62. The van der Waals surface area contributed by atoms with Crippen LogP contribution in [0.5, 0.6) is 5.75 Å². The lowest BCUT2D eigenvalue weighted by Gasteiger charge is -2.11. The molecule has 2 N–H and O–H groups in total. The third-order valence-corrected chi connectivity index (χ3v) is 3.03. The van der Waals surface area contributed by atoms with Gasteiger partial charge in [0.2, 0.25) is 0 Å². The Hall–Kier alpha value is -1.94. The molecule has 2 rings (SSSR count). The minimum Gasteiger partial charge on any atom is -0.497 e. The monoisotopic (exact) mass is 257 g/mol. The summed E-state index contributed by atoms with van der Waals surface area (Å²) in [5.74, 6) is 1.77. The van der Waals surface area contributed by atoms with Crippen LogP contribution in [0.1, 0.15) is 24.4 Å². The van der Waals surface area contributed by atoms with Crippen LogP contribution >= 0.6 is 0 Å². The first kappa shape index (κ1) is 13.5. The van der Waals surface area contributed by atoms with Crippen molar-refractivity contribution >= 4 is 0 Å². The molecule has 100 valence electrons. The van der Waals surface area contributed by atoms with E-state index in [9.17, 15) is 0 Å². The Morgan fingerprint density at radius 1 is 1.26 bits per heavy atom. The SMILES string of the molecule is COc1cccc(-c2cc(C)nc(C(C)CN)n2)c1. The van der Waals surface area contributed by atoms with Crippen molar-refractivity contribution in [1.82, 2.24) is 9.97 Å². The molecule has 4 nitrogen and oxygen atoms in total. The van der Waals surface area contributed by atoms with Gasteiger partial charge in [-0.2, -0.15) is 0 Å². The minimum absolute atomic E-state index is 0.157. The third-order valence-electron chi connectivity index (χ3n) is 3.03. The predicted octanol–water partition coefficient (Wildman–Crippen LogP) is 2.52. The molecule has 0 fully saturated rings. The van der Waals surface area contributed by atoms with Gasteiger partial charge in [0.05, 0.1) is 12.8 Å². The van der Waals surface area contributed by atoms with Crippen molar-refractivity contribution in [1.29, 1.82) is 0 Å². The Bertz CT molecular complexity index is 569. The summed E-state index contributed by atoms with van der Waals surface area (Å²) in [5.41, 5.74) is 8.56. The lowest BCUT2D eigenvalue weighted by Crippen LogP contribution is -2.13. The molecule has 1 aromatic heterocycles. The fourth-order valence-electron chi connectivity index (χ4n) is 1.85. The molecule has 19 heavy (non-hydrogen) atoms. The molecule has 0 spiro atoms. The van der Waals surface area contributed by atoms with Crippen molar-refractivity contribution in [3.8, 4) is 17.0 Å². The lowest BCUT2D eigenvalue weighted by atomic mass is 10.1. The van der Waals surface area contributed by atoms with Gasteiger partial charge in [-0.25, -0.2) is 9.97 Å². The maximum atomic E-state index is 5.69. The Morgan fingerprint density at radius 3 is 2.74 bits per heavy atom. The van der Waals surface area contributed by atoms with Crippen LogP contribution in [0.2, 0.25) is 0 Å². The van der Waals surface area contributed by atoms with Gasteiger partial charge in [-0.15, -0.1) is 0 Å². The first-order chi connectivity index (χ1) is 9.13. The lowest BCUT2D eigenvalue weighted by molar-refractivity contribution is 0.415. The molecule has 2 aromatic rings. The quantitative estimate of drug-likeness (QED) is 0.914. The topological polar surface area (TPSA) is 61.0 Å². The molecule has 1 unspecified atom stereocenters. The molecule has 0 saturated heterocycles. The third kappa shape index (κ3) is 3.09. The van der Waals surface area contributed by atoms with E-state index in [0.29, 0.717) is 6.54 Å². The fraction of sp³-hybridized carbons (Fsp3) is 0.333. The van der Waals surface area contributed by atoms with Gasteiger partial charge in [-0.05, 0) is 25.1 Å². The van der Waals surface area contributed by atoms with Crippen LogP contribution in [-0.2, 0) is 0 Å². The second kappa shape index (κ2) is 5.80. The van der Waals surface area contributed by atoms with Crippen LogP contribution < -0.4 is 10.5 Å². The average molecular weight is 257 g/mol. The van der Waals surface area contributed by atoms with E-state index in [-0.39, 0.29) is 5.92 Å². The second-order valence-electron chi connectivity index (χ2n) is 4.62. The normalized spacial score (nSPS) is 12.2. The molecule has 0 aliphatic rings. The molecule has 0 saturated carbocycles. The molecule has 4 heteroatoms. The van der Waals surface area contributed by atoms with Crippen LogP contribution in [-0.4, -0.2) is 23.6 Å². The van der Waals surface area contributed by atoms with Crippen molar-refractivity contribution < 1.29 is 4.74 Å². The Morgan fingerprint density at radius 2 is 2.05 bits per heavy atom. The molecule has 0 aliphatic carbocycles. The largest absolute Gasteiger partial charge is 0.497 e. The summed E-state index contributed by atoms with van der Waals surface area (Å²) in [5, 5.41) is 0. The van der Waals surface area contributed by atoms with Gasteiger partial charge < -0.3 is 10.5 Å². The number of ether oxygens (including phenoxy) is 1. The molecule has 0 aliphatic heterocycles. The van der Waals surface area contributed by atoms with E-state index < -0.39 is 0 Å². The smallest absolute Gasteiger partial charge is 0.133 e. The number of rotatable bonds is 4. The fourth-order valence-corrected chi connectivity index (χ4v) is 1.85. The highest BCUT2D eigenvalue weighted by Gasteiger charge is 2.10. The average Bonchev–Trinajstić information content (AvgIpc) is 2.45. The molecule has 0 amide bonds. The highest BCUT2D eigenvalue weighted by molar-refractivity contribution is 5.61. The first-order valence-electron chi connectivity index (χ1n) is 6.34. The highest BCUT2D eigenvalue weighted by Crippen LogP contribution is 2.23.